The van der Waals surface area contributed by atoms with Gasteiger partial charge < -0.3 is 9.72 Å². The topological polar surface area (TPSA) is 42.1 Å². The lowest BCUT2D eigenvalue weighted by Gasteiger charge is -2.36. The summed E-state index contributed by atoms with van der Waals surface area (Å²) in [4.78, 5) is 14.9. The van der Waals surface area contributed by atoms with Crippen molar-refractivity contribution in [2.45, 2.75) is 59.0 Å². The lowest BCUT2D eigenvalue weighted by Crippen LogP contribution is -2.30. The van der Waals surface area contributed by atoms with E-state index in [1.54, 1.807) is 6.07 Å². The van der Waals surface area contributed by atoms with Crippen LogP contribution in [0.1, 0.15) is 57.7 Å². The first-order valence-electron chi connectivity index (χ1n) is 9.34. The molecule has 1 heterocycles. The van der Waals surface area contributed by atoms with E-state index in [-0.39, 0.29) is 11.7 Å². The van der Waals surface area contributed by atoms with Gasteiger partial charge in [-0.1, -0.05) is 51.1 Å². The third-order valence-corrected chi connectivity index (χ3v) is 5.31. The van der Waals surface area contributed by atoms with Crippen LogP contribution in [0.25, 0.3) is 0 Å². The van der Waals surface area contributed by atoms with Crippen LogP contribution in [-0.4, -0.2) is 11.1 Å². The van der Waals surface area contributed by atoms with Gasteiger partial charge in [0.05, 0.1) is 6.10 Å². The van der Waals surface area contributed by atoms with Crippen molar-refractivity contribution in [3.63, 3.8) is 0 Å². The normalized spacial score (nSPS) is 21.1. The predicted molar refractivity (Wildman–Crippen MR) is 102 cm³/mol. The number of hydrogen-bond donors (Lipinski definition) is 1. The predicted octanol–water partition coefficient (Wildman–Crippen LogP) is 4.95. The fourth-order valence-corrected chi connectivity index (χ4v) is 3.79. The van der Waals surface area contributed by atoms with E-state index in [4.69, 9.17) is 4.74 Å². The second-order valence-corrected chi connectivity index (χ2v) is 8.33. The number of aromatic nitrogens is 1. The Labute approximate surface area is 150 Å². The van der Waals surface area contributed by atoms with E-state index >= 15 is 0 Å². The van der Waals surface area contributed by atoms with Gasteiger partial charge in [-0.2, -0.15) is 0 Å². The van der Waals surface area contributed by atoms with Crippen LogP contribution in [-0.2, 0) is 6.42 Å². The largest absolute Gasteiger partial charge is 0.490 e. The molecule has 3 heteroatoms. The Morgan fingerprint density at radius 2 is 1.72 bits per heavy atom. The summed E-state index contributed by atoms with van der Waals surface area (Å²) in [6.07, 6.45) is 5.49. The van der Waals surface area contributed by atoms with Gasteiger partial charge in [0.15, 0.2) is 0 Å². The molecule has 1 aromatic heterocycles. The first-order valence-corrected chi connectivity index (χ1v) is 9.34. The van der Waals surface area contributed by atoms with Crippen molar-refractivity contribution in [2.75, 3.05) is 0 Å². The van der Waals surface area contributed by atoms with Gasteiger partial charge in [-0.15, -0.1) is 0 Å². The van der Waals surface area contributed by atoms with Crippen LogP contribution in [0.5, 0.6) is 5.75 Å². The summed E-state index contributed by atoms with van der Waals surface area (Å²) in [6, 6.07) is 13.7. The SMILES string of the molecule is CC(C)(C)C1CCC(Oc2cc(Cc3ccccc3)[nH]c(=O)c2)CC1. The fourth-order valence-electron chi connectivity index (χ4n) is 3.79. The van der Waals surface area contributed by atoms with Gasteiger partial charge in [-0.05, 0) is 42.6 Å². The summed E-state index contributed by atoms with van der Waals surface area (Å²) in [6.45, 7) is 6.97. The van der Waals surface area contributed by atoms with Gasteiger partial charge in [0.2, 0.25) is 0 Å². The molecule has 0 bridgehead atoms. The first-order chi connectivity index (χ1) is 11.9. The minimum atomic E-state index is -0.0909. The van der Waals surface area contributed by atoms with Crippen molar-refractivity contribution in [3.05, 3.63) is 64.1 Å². The van der Waals surface area contributed by atoms with Gasteiger partial charge in [-0.25, -0.2) is 0 Å². The van der Waals surface area contributed by atoms with Crippen LogP contribution in [0.2, 0.25) is 0 Å². The van der Waals surface area contributed by atoms with E-state index < -0.39 is 0 Å². The Hall–Kier alpha value is -2.03. The van der Waals surface area contributed by atoms with Crippen LogP contribution in [0.3, 0.4) is 0 Å². The third kappa shape index (κ3) is 4.97. The number of pyridine rings is 1. The third-order valence-electron chi connectivity index (χ3n) is 5.31. The number of ether oxygens (including phenoxy) is 1. The molecule has 0 aliphatic heterocycles. The van der Waals surface area contributed by atoms with Gasteiger partial charge in [0, 0.05) is 24.2 Å². The fraction of sp³-hybridized carbons (Fsp3) is 0.500. The van der Waals surface area contributed by atoms with E-state index in [0.29, 0.717) is 17.6 Å². The Morgan fingerprint density at radius 1 is 1.04 bits per heavy atom. The molecule has 1 N–H and O–H groups in total. The molecule has 1 aliphatic carbocycles. The highest BCUT2D eigenvalue weighted by Gasteiger charge is 2.30. The Morgan fingerprint density at radius 3 is 2.36 bits per heavy atom. The minimum Gasteiger partial charge on any atom is -0.490 e. The van der Waals surface area contributed by atoms with E-state index in [0.717, 1.165) is 24.5 Å². The number of benzene rings is 1. The molecule has 134 valence electrons. The van der Waals surface area contributed by atoms with Crippen LogP contribution in [0.15, 0.2) is 47.3 Å². The van der Waals surface area contributed by atoms with Crippen LogP contribution in [0, 0.1) is 11.3 Å². The molecule has 0 atom stereocenters. The summed E-state index contributed by atoms with van der Waals surface area (Å²) >= 11 is 0. The molecular formula is C22H29NO2. The molecule has 2 aromatic rings. The monoisotopic (exact) mass is 339 g/mol. The average Bonchev–Trinajstić information content (AvgIpc) is 2.55. The van der Waals surface area contributed by atoms with Gasteiger partial charge in [-0.3, -0.25) is 4.79 Å². The van der Waals surface area contributed by atoms with Crippen LogP contribution < -0.4 is 10.3 Å². The zero-order valence-electron chi connectivity index (χ0n) is 15.5. The molecule has 1 fully saturated rings. The summed E-state index contributed by atoms with van der Waals surface area (Å²) in [5, 5.41) is 0. The molecule has 25 heavy (non-hydrogen) atoms. The molecule has 3 rings (SSSR count). The highest BCUT2D eigenvalue weighted by atomic mass is 16.5. The van der Waals surface area contributed by atoms with E-state index in [1.165, 1.54) is 18.4 Å². The van der Waals surface area contributed by atoms with Crippen molar-refractivity contribution < 1.29 is 4.74 Å². The maximum atomic E-state index is 12.0. The van der Waals surface area contributed by atoms with E-state index in [1.807, 2.05) is 24.3 Å². The number of rotatable bonds is 4. The molecule has 0 unspecified atom stereocenters. The quantitative estimate of drug-likeness (QED) is 0.856. The second-order valence-electron chi connectivity index (χ2n) is 8.33. The number of nitrogens with one attached hydrogen (secondary N) is 1. The van der Waals surface area contributed by atoms with Gasteiger partial charge in [0.25, 0.3) is 5.56 Å². The average molecular weight is 339 g/mol. The zero-order valence-corrected chi connectivity index (χ0v) is 15.5. The lowest BCUT2D eigenvalue weighted by atomic mass is 9.72. The van der Waals surface area contributed by atoms with E-state index in [9.17, 15) is 4.79 Å². The van der Waals surface area contributed by atoms with Crippen molar-refractivity contribution in [1.82, 2.24) is 4.98 Å². The molecule has 0 radical (unpaired) electrons. The highest BCUT2D eigenvalue weighted by Crippen LogP contribution is 2.38. The second kappa shape index (κ2) is 7.47. The van der Waals surface area contributed by atoms with E-state index in [2.05, 4.69) is 37.9 Å². The molecule has 3 nitrogen and oxygen atoms in total. The molecule has 1 aromatic carbocycles. The van der Waals surface area contributed by atoms with Crippen molar-refractivity contribution in [3.8, 4) is 5.75 Å². The zero-order chi connectivity index (χ0) is 17.9. The Balaban J connectivity index is 1.64. The molecule has 1 saturated carbocycles. The maximum absolute atomic E-state index is 12.0. The van der Waals surface area contributed by atoms with Gasteiger partial charge in [0.1, 0.15) is 5.75 Å². The maximum Gasteiger partial charge on any atom is 0.251 e. The summed E-state index contributed by atoms with van der Waals surface area (Å²) in [5.74, 6) is 1.47. The Kier molecular flexibility index (Phi) is 5.31. The van der Waals surface area contributed by atoms with Crippen molar-refractivity contribution in [1.29, 1.82) is 0 Å². The summed E-state index contributed by atoms with van der Waals surface area (Å²) in [7, 11) is 0. The lowest BCUT2D eigenvalue weighted by molar-refractivity contribution is 0.0880. The smallest absolute Gasteiger partial charge is 0.251 e. The first kappa shape index (κ1) is 17.8. The van der Waals surface area contributed by atoms with Gasteiger partial charge >= 0.3 is 0 Å². The highest BCUT2D eigenvalue weighted by molar-refractivity contribution is 5.28. The summed E-state index contributed by atoms with van der Waals surface area (Å²) in [5.41, 5.74) is 2.36. The number of aromatic amines is 1. The van der Waals surface area contributed by atoms with Crippen LogP contribution in [0.4, 0.5) is 0 Å². The molecular weight excluding hydrogens is 310 g/mol. The van der Waals surface area contributed by atoms with Crippen LogP contribution >= 0.6 is 0 Å². The van der Waals surface area contributed by atoms with Crippen molar-refractivity contribution in [2.24, 2.45) is 11.3 Å². The molecule has 0 saturated heterocycles. The Bertz CT molecular complexity index is 735. The minimum absolute atomic E-state index is 0.0909. The molecule has 1 aliphatic rings. The number of hydrogen-bond acceptors (Lipinski definition) is 2. The van der Waals surface area contributed by atoms with Crippen molar-refractivity contribution >= 4 is 0 Å². The summed E-state index contributed by atoms with van der Waals surface area (Å²) < 4.78 is 6.16. The number of H-pyrrole nitrogens is 1. The molecule has 0 spiro atoms. The standard InChI is InChI=1S/C22H29NO2/c1-22(2,3)17-9-11-19(12-10-17)25-20-14-18(23-21(24)15-20)13-16-7-5-4-6-8-16/h4-8,14-15,17,19H,9-13H2,1-3H3,(H,23,24). The molecule has 0 amide bonds.